The van der Waals surface area contributed by atoms with Crippen LogP contribution in [0.1, 0.15) is 39.0 Å². The molecular formula is C20H29N5O4. The third kappa shape index (κ3) is 4.00. The van der Waals surface area contributed by atoms with E-state index in [9.17, 15) is 19.6 Å². The number of hydroxylamine groups is 2. The molecule has 29 heavy (non-hydrogen) atoms. The summed E-state index contributed by atoms with van der Waals surface area (Å²) in [4.78, 5) is 38.5. The highest BCUT2D eigenvalue weighted by Crippen LogP contribution is 2.40. The largest absolute Gasteiger partial charge is 0.366 e. The number of anilines is 2. The molecule has 0 radical (unpaired) electrons. The molecule has 1 fully saturated rings. The van der Waals surface area contributed by atoms with Crippen LogP contribution in [0, 0.1) is 5.92 Å². The number of carbonyl (C=O) groups excluding carboxylic acids is 3. The van der Waals surface area contributed by atoms with Gasteiger partial charge in [-0.05, 0) is 31.4 Å². The molecule has 0 aromatic heterocycles. The van der Waals surface area contributed by atoms with Gasteiger partial charge < -0.3 is 21.3 Å². The van der Waals surface area contributed by atoms with Gasteiger partial charge in [0, 0.05) is 6.54 Å². The highest BCUT2D eigenvalue weighted by Gasteiger charge is 2.54. The molecule has 0 spiro atoms. The van der Waals surface area contributed by atoms with Crippen molar-refractivity contribution in [3.05, 3.63) is 24.3 Å². The van der Waals surface area contributed by atoms with E-state index in [0.29, 0.717) is 30.9 Å². The average Bonchev–Trinajstić information content (AvgIpc) is 3.35. The number of para-hydroxylation sites is 2. The zero-order chi connectivity index (χ0) is 21.0. The van der Waals surface area contributed by atoms with Gasteiger partial charge in [0.15, 0.2) is 0 Å². The Hall–Kier alpha value is -2.81. The normalized spacial score (nSPS) is 20.3. The zero-order valence-electron chi connectivity index (χ0n) is 16.6. The molecule has 0 aliphatic carbocycles. The van der Waals surface area contributed by atoms with Crippen molar-refractivity contribution < 1.29 is 19.6 Å². The molecule has 9 heteroatoms. The smallest absolute Gasteiger partial charge is 0.266 e. The number of fused-ring (bicyclic) bond motifs is 1. The molecule has 0 bridgehead atoms. The molecule has 5 N–H and O–H groups in total. The van der Waals surface area contributed by atoms with E-state index in [-0.39, 0.29) is 12.5 Å². The first-order valence-electron chi connectivity index (χ1n) is 10.1. The van der Waals surface area contributed by atoms with Gasteiger partial charge in [0.05, 0.1) is 29.9 Å². The van der Waals surface area contributed by atoms with Crippen LogP contribution in [0.4, 0.5) is 11.4 Å². The van der Waals surface area contributed by atoms with Gasteiger partial charge in [-0.3, -0.25) is 19.6 Å². The summed E-state index contributed by atoms with van der Waals surface area (Å²) < 4.78 is 0. The molecule has 1 saturated heterocycles. The topological polar surface area (TPSA) is 128 Å². The van der Waals surface area contributed by atoms with Crippen LogP contribution in [0.25, 0.3) is 0 Å². The van der Waals surface area contributed by atoms with E-state index in [1.807, 2.05) is 31.2 Å². The van der Waals surface area contributed by atoms with Crippen LogP contribution >= 0.6 is 0 Å². The van der Waals surface area contributed by atoms with E-state index in [1.165, 1.54) is 0 Å². The molecule has 3 amide bonds. The van der Waals surface area contributed by atoms with Gasteiger partial charge in [-0.1, -0.05) is 31.9 Å². The summed E-state index contributed by atoms with van der Waals surface area (Å²) >= 11 is 0. The molecule has 2 aliphatic rings. The second kappa shape index (κ2) is 8.69. The average molecular weight is 403 g/mol. The molecule has 2 heterocycles. The Balaban J connectivity index is 1.86. The van der Waals surface area contributed by atoms with E-state index in [4.69, 9.17) is 5.73 Å². The number of hydrogen-bond donors (Lipinski definition) is 4. The van der Waals surface area contributed by atoms with E-state index in [2.05, 4.69) is 10.6 Å². The number of likely N-dealkylation sites (tertiary alicyclic amines) is 1. The second-order valence-electron chi connectivity index (χ2n) is 7.72. The lowest BCUT2D eigenvalue weighted by molar-refractivity contribution is -0.157. The summed E-state index contributed by atoms with van der Waals surface area (Å²) in [5, 5.41) is 16.6. The maximum atomic E-state index is 13.4. The van der Waals surface area contributed by atoms with Crippen LogP contribution in [-0.2, 0) is 14.4 Å². The molecule has 2 atom stereocenters. The Labute approximate surface area is 170 Å². The van der Waals surface area contributed by atoms with Gasteiger partial charge in [-0.2, -0.15) is 0 Å². The second-order valence-corrected chi connectivity index (χ2v) is 7.72. The van der Waals surface area contributed by atoms with Crippen molar-refractivity contribution in [3.8, 4) is 0 Å². The Kier molecular flexibility index (Phi) is 6.26. The summed E-state index contributed by atoms with van der Waals surface area (Å²) in [6.45, 7) is 2.44. The summed E-state index contributed by atoms with van der Waals surface area (Å²) in [6, 6.07) is 6.95. The van der Waals surface area contributed by atoms with E-state index >= 15 is 0 Å². The highest BCUT2D eigenvalue weighted by molar-refractivity contribution is 5.98. The summed E-state index contributed by atoms with van der Waals surface area (Å²) in [6.07, 6.45) is 3.89. The van der Waals surface area contributed by atoms with E-state index < -0.39 is 23.5 Å². The van der Waals surface area contributed by atoms with Crippen LogP contribution in [-0.4, -0.2) is 58.2 Å². The van der Waals surface area contributed by atoms with E-state index in [1.54, 1.807) is 4.90 Å². The third-order valence-electron chi connectivity index (χ3n) is 5.80. The molecule has 158 valence electrons. The maximum Gasteiger partial charge on any atom is 0.266 e. The Bertz CT molecular complexity index is 746. The monoisotopic (exact) mass is 403 g/mol. The Morgan fingerprint density at radius 2 is 2.03 bits per heavy atom. The number of amides is 3. The number of rotatable bonds is 9. The number of nitrogens with one attached hydrogen (secondary N) is 2. The summed E-state index contributed by atoms with van der Waals surface area (Å²) in [5.74, 6) is -1.30. The number of primary amides is 1. The predicted molar refractivity (Wildman–Crippen MR) is 108 cm³/mol. The third-order valence-corrected chi connectivity index (χ3v) is 5.80. The van der Waals surface area contributed by atoms with Crippen molar-refractivity contribution in [3.63, 3.8) is 0 Å². The first kappa shape index (κ1) is 20.9. The molecule has 9 nitrogen and oxygen atoms in total. The fourth-order valence-corrected chi connectivity index (χ4v) is 4.34. The van der Waals surface area contributed by atoms with Gasteiger partial charge in [0.2, 0.25) is 18.0 Å². The molecule has 3 rings (SSSR count). The van der Waals surface area contributed by atoms with Gasteiger partial charge >= 0.3 is 0 Å². The number of benzene rings is 1. The highest BCUT2D eigenvalue weighted by atomic mass is 16.5. The summed E-state index contributed by atoms with van der Waals surface area (Å²) in [7, 11) is 0. The van der Waals surface area contributed by atoms with Crippen LogP contribution in [0.3, 0.4) is 0 Å². The fourth-order valence-electron chi connectivity index (χ4n) is 4.34. The Morgan fingerprint density at radius 1 is 1.38 bits per heavy atom. The minimum Gasteiger partial charge on any atom is -0.366 e. The number of nitrogens with two attached hydrogens (primary N) is 1. The van der Waals surface area contributed by atoms with Crippen molar-refractivity contribution >= 4 is 29.6 Å². The lowest BCUT2D eigenvalue weighted by Crippen LogP contribution is -2.66. The van der Waals surface area contributed by atoms with Crippen molar-refractivity contribution in [2.75, 3.05) is 23.7 Å². The van der Waals surface area contributed by atoms with Gasteiger partial charge in [0.1, 0.15) is 0 Å². The minimum atomic E-state index is -1.30. The quantitative estimate of drug-likeness (QED) is 0.280. The lowest BCUT2D eigenvalue weighted by Gasteiger charge is -2.40. The van der Waals surface area contributed by atoms with Crippen LogP contribution in [0.15, 0.2) is 24.3 Å². The number of unbranched alkanes of at least 4 members (excludes halogenated alkanes) is 1. The molecule has 0 saturated carbocycles. The van der Waals surface area contributed by atoms with Crippen molar-refractivity contribution in [2.24, 2.45) is 11.7 Å². The summed E-state index contributed by atoms with van der Waals surface area (Å²) in [5.41, 5.74) is 6.04. The maximum absolute atomic E-state index is 13.4. The SMILES string of the molecule is CCCC[C@H](CN(O)C=O)C(=O)N1CCC[C@H]1C1(C(N)=O)Nc2ccccc2N1. The van der Waals surface area contributed by atoms with Gasteiger partial charge in [-0.15, -0.1) is 0 Å². The van der Waals surface area contributed by atoms with Crippen molar-refractivity contribution in [1.82, 2.24) is 9.96 Å². The molecule has 0 unspecified atom stereocenters. The standard InChI is InChI=1S/C20H29N5O4/c1-2-3-7-14(12-24(29)13-26)18(27)25-11-6-10-17(25)20(19(21)28)22-15-8-4-5-9-16(15)23-20/h4-5,8-9,13-14,17,22-23,29H,2-3,6-7,10-12H2,1H3,(H2,21,28)/t14-,17+/m1/s1. The minimum absolute atomic E-state index is 0.0732. The first-order valence-corrected chi connectivity index (χ1v) is 10.1. The van der Waals surface area contributed by atoms with Gasteiger partial charge in [-0.25, -0.2) is 5.06 Å². The zero-order valence-corrected chi connectivity index (χ0v) is 16.6. The van der Waals surface area contributed by atoms with Crippen molar-refractivity contribution in [2.45, 2.75) is 50.7 Å². The molecule has 1 aromatic carbocycles. The fraction of sp³-hybridized carbons (Fsp3) is 0.550. The first-order chi connectivity index (χ1) is 13.9. The molecule has 2 aliphatic heterocycles. The molecular weight excluding hydrogens is 374 g/mol. The van der Waals surface area contributed by atoms with Crippen LogP contribution in [0.5, 0.6) is 0 Å². The number of hydrogen-bond acceptors (Lipinski definition) is 6. The molecule has 1 aromatic rings. The van der Waals surface area contributed by atoms with Gasteiger partial charge in [0.25, 0.3) is 5.91 Å². The Morgan fingerprint density at radius 3 is 2.59 bits per heavy atom. The number of carbonyl (C=O) groups is 3. The van der Waals surface area contributed by atoms with E-state index in [0.717, 1.165) is 30.6 Å². The van der Waals surface area contributed by atoms with Crippen LogP contribution < -0.4 is 16.4 Å². The van der Waals surface area contributed by atoms with Crippen LogP contribution in [0.2, 0.25) is 0 Å². The number of nitrogens with zero attached hydrogens (tertiary/aromatic N) is 2. The van der Waals surface area contributed by atoms with Crippen molar-refractivity contribution in [1.29, 1.82) is 0 Å². The predicted octanol–water partition coefficient (Wildman–Crippen LogP) is 1.35. The lowest BCUT2D eigenvalue weighted by atomic mass is 9.94.